The molecule has 3 nitrogen and oxygen atoms in total. The van der Waals surface area contributed by atoms with Crippen molar-refractivity contribution in [1.82, 2.24) is 0 Å². The summed E-state index contributed by atoms with van der Waals surface area (Å²) >= 11 is 0. The number of ketones is 2. The molecule has 0 aromatic heterocycles. The predicted octanol–water partition coefficient (Wildman–Crippen LogP) is 2.68. The van der Waals surface area contributed by atoms with Crippen LogP contribution < -0.4 is 0 Å². The van der Waals surface area contributed by atoms with E-state index in [1.165, 1.54) is 6.08 Å². The SMILES string of the molecule is C=CC(O)c1cccc2c1C(=O)c1ccccc1C2=O. The van der Waals surface area contributed by atoms with E-state index in [4.69, 9.17) is 0 Å². The van der Waals surface area contributed by atoms with Crippen LogP contribution in [0.1, 0.15) is 43.5 Å². The van der Waals surface area contributed by atoms with Crippen molar-refractivity contribution in [3.8, 4) is 0 Å². The Bertz CT molecular complexity index is 744. The van der Waals surface area contributed by atoms with Gasteiger partial charge in [0.25, 0.3) is 0 Å². The normalized spacial score (nSPS) is 14.4. The minimum atomic E-state index is -0.966. The summed E-state index contributed by atoms with van der Waals surface area (Å²) in [6.07, 6.45) is 0.375. The average molecular weight is 264 g/mol. The van der Waals surface area contributed by atoms with Gasteiger partial charge in [0.1, 0.15) is 0 Å². The van der Waals surface area contributed by atoms with Crippen molar-refractivity contribution in [2.45, 2.75) is 6.10 Å². The van der Waals surface area contributed by atoms with Crippen molar-refractivity contribution in [1.29, 1.82) is 0 Å². The molecule has 0 amide bonds. The molecule has 0 radical (unpaired) electrons. The van der Waals surface area contributed by atoms with Crippen LogP contribution in [0.3, 0.4) is 0 Å². The number of hydrogen-bond acceptors (Lipinski definition) is 3. The second-order valence-electron chi connectivity index (χ2n) is 4.65. The molecule has 3 rings (SSSR count). The molecular formula is C17H12O3. The van der Waals surface area contributed by atoms with Gasteiger partial charge < -0.3 is 5.11 Å². The molecule has 1 atom stereocenters. The van der Waals surface area contributed by atoms with Crippen LogP contribution >= 0.6 is 0 Å². The maximum atomic E-state index is 12.6. The topological polar surface area (TPSA) is 54.4 Å². The maximum absolute atomic E-state index is 12.6. The molecule has 0 saturated carbocycles. The van der Waals surface area contributed by atoms with E-state index in [1.807, 2.05) is 0 Å². The Morgan fingerprint density at radius 2 is 1.50 bits per heavy atom. The van der Waals surface area contributed by atoms with Gasteiger partial charge in [-0.15, -0.1) is 6.58 Å². The molecule has 20 heavy (non-hydrogen) atoms. The Balaban J connectivity index is 2.31. The van der Waals surface area contributed by atoms with E-state index < -0.39 is 6.10 Å². The zero-order chi connectivity index (χ0) is 14.3. The second-order valence-corrected chi connectivity index (χ2v) is 4.65. The van der Waals surface area contributed by atoms with Crippen molar-refractivity contribution in [3.05, 3.63) is 82.9 Å². The highest BCUT2D eigenvalue weighted by molar-refractivity contribution is 6.28. The number of carbonyl (C=O) groups excluding carboxylic acids is 2. The van der Waals surface area contributed by atoms with Crippen LogP contribution in [-0.4, -0.2) is 16.7 Å². The van der Waals surface area contributed by atoms with Gasteiger partial charge >= 0.3 is 0 Å². The zero-order valence-electron chi connectivity index (χ0n) is 10.7. The summed E-state index contributed by atoms with van der Waals surface area (Å²) in [5.41, 5.74) is 1.84. The Kier molecular flexibility index (Phi) is 2.84. The van der Waals surface area contributed by atoms with Crippen molar-refractivity contribution < 1.29 is 14.7 Å². The molecule has 1 aliphatic rings. The van der Waals surface area contributed by atoms with E-state index in [1.54, 1.807) is 42.5 Å². The molecule has 98 valence electrons. The minimum Gasteiger partial charge on any atom is -0.384 e. The van der Waals surface area contributed by atoms with Crippen molar-refractivity contribution in [2.75, 3.05) is 0 Å². The van der Waals surface area contributed by atoms with Gasteiger partial charge in [-0.3, -0.25) is 9.59 Å². The number of rotatable bonds is 2. The lowest BCUT2D eigenvalue weighted by Crippen LogP contribution is -2.23. The molecule has 0 bridgehead atoms. The van der Waals surface area contributed by atoms with Crippen molar-refractivity contribution >= 4 is 11.6 Å². The molecule has 0 spiro atoms. The largest absolute Gasteiger partial charge is 0.384 e. The fraction of sp³-hybridized carbons (Fsp3) is 0.0588. The molecular weight excluding hydrogens is 252 g/mol. The first kappa shape index (κ1) is 12.5. The molecule has 0 fully saturated rings. The number of fused-ring (bicyclic) bond motifs is 2. The van der Waals surface area contributed by atoms with Crippen LogP contribution in [0, 0.1) is 0 Å². The highest BCUT2D eigenvalue weighted by Crippen LogP contribution is 2.32. The van der Waals surface area contributed by atoms with Gasteiger partial charge in [0.2, 0.25) is 0 Å². The summed E-state index contributed by atoms with van der Waals surface area (Å²) in [6, 6.07) is 11.7. The quantitative estimate of drug-likeness (QED) is 0.724. The molecule has 1 N–H and O–H groups in total. The van der Waals surface area contributed by atoms with E-state index in [-0.39, 0.29) is 17.1 Å². The highest BCUT2D eigenvalue weighted by Gasteiger charge is 2.32. The molecule has 3 heteroatoms. The Morgan fingerprint density at radius 3 is 2.15 bits per heavy atom. The van der Waals surface area contributed by atoms with Crippen LogP contribution in [0.15, 0.2) is 55.1 Å². The van der Waals surface area contributed by atoms with Crippen LogP contribution in [0.2, 0.25) is 0 Å². The minimum absolute atomic E-state index is 0.187. The van der Waals surface area contributed by atoms with Gasteiger partial charge in [-0.05, 0) is 5.56 Å². The third-order valence-corrected chi connectivity index (χ3v) is 3.53. The third kappa shape index (κ3) is 1.64. The Morgan fingerprint density at radius 1 is 0.900 bits per heavy atom. The number of hydrogen-bond donors (Lipinski definition) is 1. The monoisotopic (exact) mass is 264 g/mol. The number of benzene rings is 2. The zero-order valence-corrected chi connectivity index (χ0v) is 10.7. The van der Waals surface area contributed by atoms with E-state index in [9.17, 15) is 14.7 Å². The van der Waals surface area contributed by atoms with Gasteiger partial charge in [0.05, 0.1) is 6.10 Å². The molecule has 1 aliphatic carbocycles. The Hall–Kier alpha value is -2.52. The van der Waals surface area contributed by atoms with E-state index in [0.29, 0.717) is 22.3 Å². The molecule has 2 aromatic carbocycles. The summed E-state index contributed by atoms with van der Waals surface area (Å²) in [7, 11) is 0. The first-order valence-electron chi connectivity index (χ1n) is 6.27. The van der Waals surface area contributed by atoms with Crippen LogP contribution in [-0.2, 0) is 0 Å². The number of aliphatic hydroxyl groups excluding tert-OH is 1. The lowest BCUT2D eigenvalue weighted by Gasteiger charge is -2.21. The molecule has 0 saturated heterocycles. The summed E-state index contributed by atoms with van der Waals surface area (Å²) in [5.74, 6) is -0.417. The lowest BCUT2D eigenvalue weighted by atomic mass is 9.81. The summed E-state index contributed by atoms with van der Waals surface area (Å²) in [4.78, 5) is 25.1. The molecule has 0 aliphatic heterocycles. The predicted molar refractivity (Wildman–Crippen MR) is 74.9 cm³/mol. The lowest BCUT2D eigenvalue weighted by molar-refractivity contribution is 0.0975. The van der Waals surface area contributed by atoms with Crippen LogP contribution in [0.4, 0.5) is 0 Å². The third-order valence-electron chi connectivity index (χ3n) is 3.53. The fourth-order valence-corrected chi connectivity index (χ4v) is 2.55. The molecule has 2 aromatic rings. The Labute approximate surface area is 116 Å². The van der Waals surface area contributed by atoms with E-state index in [2.05, 4.69) is 6.58 Å². The van der Waals surface area contributed by atoms with Crippen molar-refractivity contribution in [2.24, 2.45) is 0 Å². The van der Waals surface area contributed by atoms with Crippen LogP contribution in [0.25, 0.3) is 0 Å². The highest BCUT2D eigenvalue weighted by atomic mass is 16.3. The second kappa shape index (κ2) is 4.54. The van der Waals surface area contributed by atoms with Gasteiger partial charge in [0.15, 0.2) is 11.6 Å². The van der Waals surface area contributed by atoms with Gasteiger partial charge in [-0.25, -0.2) is 0 Å². The molecule has 1 unspecified atom stereocenters. The first-order valence-corrected chi connectivity index (χ1v) is 6.27. The van der Waals surface area contributed by atoms with Gasteiger partial charge in [-0.1, -0.05) is 48.5 Å². The summed E-state index contributed by atoms with van der Waals surface area (Å²) < 4.78 is 0. The first-order chi connectivity index (χ1) is 9.65. The fourth-order valence-electron chi connectivity index (χ4n) is 2.55. The number of aliphatic hydroxyl groups is 1. The van der Waals surface area contributed by atoms with E-state index in [0.717, 1.165) is 0 Å². The van der Waals surface area contributed by atoms with Crippen molar-refractivity contribution in [3.63, 3.8) is 0 Å². The summed E-state index contributed by atoms with van der Waals surface area (Å²) in [5, 5.41) is 9.96. The van der Waals surface area contributed by atoms with E-state index >= 15 is 0 Å². The maximum Gasteiger partial charge on any atom is 0.194 e. The number of carbonyl (C=O) groups is 2. The van der Waals surface area contributed by atoms with Crippen LogP contribution in [0.5, 0.6) is 0 Å². The van der Waals surface area contributed by atoms with Gasteiger partial charge in [0, 0.05) is 22.3 Å². The molecule has 0 heterocycles. The standard InChI is InChI=1S/C17H12O3/c1-2-14(18)12-8-5-9-13-15(12)17(20)11-7-4-3-6-10(11)16(13)19/h2-9,14,18H,1H2. The average Bonchev–Trinajstić information content (AvgIpc) is 2.51. The smallest absolute Gasteiger partial charge is 0.194 e. The summed E-state index contributed by atoms with van der Waals surface area (Å²) in [6.45, 7) is 3.53. The van der Waals surface area contributed by atoms with Gasteiger partial charge in [-0.2, -0.15) is 0 Å².